The van der Waals surface area contributed by atoms with E-state index < -0.39 is 15.1 Å². The molecular formula is C15H22N2O3S. The summed E-state index contributed by atoms with van der Waals surface area (Å²) >= 11 is 0. The van der Waals surface area contributed by atoms with Gasteiger partial charge in [-0.1, -0.05) is 0 Å². The van der Waals surface area contributed by atoms with Crippen LogP contribution in [0.3, 0.4) is 0 Å². The highest BCUT2D eigenvalue weighted by Gasteiger charge is 2.23. The van der Waals surface area contributed by atoms with E-state index in [4.69, 9.17) is 0 Å². The van der Waals surface area contributed by atoms with E-state index in [1.165, 1.54) is 12.1 Å². The molecule has 1 aliphatic rings. The first-order chi connectivity index (χ1) is 9.82. The van der Waals surface area contributed by atoms with E-state index >= 15 is 0 Å². The predicted octanol–water partition coefficient (Wildman–Crippen LogP) is 1.30. The largest absolute Gasteiger partial charge is 0.336 e. The Bertz CT molecular complexity index is 608. The number of nitrogens with zero attached hydrogens (tertiary/aromatic N) is 1. The van der Waals surface area contributed by atoms with Gasteiger partial charge in [-0.2, -0.15) is 0 Å². The summed E-state index contributed by atoms with van der Waals surface area (Å²) in [5.41, 5.74) is 0.534. The molecule has 6 heteroatoms. The molecule has 1 N–H and O–H groups in total. The maximum atomic E-state index is 12.4. The molecule has 1 heterocycles. The zero-order valence-corrected chi connectivity index (χ0v) is 13.5. The van der Waals surface area contributed by atoms with Crippen LogP contribution < -0.4 is 5.32 Å². The monoisotopic (exact) mass is 310 g/mol. The molecule has 5 nitrogen and oxygen atoms in total. The molecule has 0 aliphatic carbocycles. The van der Waals surface area contributed by atoms with Crippen molar-refractivity contribution in [2.75, 3.05) is 19.6 Å². The van der Waals surface area contributed by atoms with Gasteiger partial charge in [-0.25, -0.2) is 8.42 Å². The van der Waals surface area contributed by atoms with Gasteiger partial charge in [0.2, 0.25) is 0 Å². The average Bonchev–Trinajstić information content (AvgIpc) is 2.46. The van der Waals surface area contributed by atoms with Gasteiger partial charge >= 0.3 is 0 Å². The summed E-state index contributed by atoms with van der Waals surface area (Å²) in [5.74, 6) is -0.0446. The molecule has 21 heavy (non-hydrogen) atoms. The van der Waals surface area contributed by atoms with E-state index in [0.29, 0.717) is 18.7 Å². The molecule has 1 saturated heterocycles. The van der Waals surface area contributed by atoms with Gasteiger partial charge in [0.15, 0.2) is 9.84 Å². The number of carbonyl (C=O) groups is 1. The molecule has 0 aromatic heterocycles. The molecule has 0 spiro atoms. The van der Waals surface area contributed by atoms with E-state index in [9.17, 15) is 13.2 Å². The minimum absolute atomic E-state index is 0.0446. The van der Waals surface area contributed by atoms with E-state index in [1.54, 1.807) is 30.9 Å². The number of rotatable bonds is 3. The molecule has 1 aliphatic heterocycles. The second kappa shape index (κ2) is 6.15. The predicted molar refractivity (Wildman–Crippen MR) is 82.1 cm³/mol. The van der Waals surface area contributed by atoms with Crippen molar-refractivity contribution in [1.29, 1.82) is 0 Å². The number of benzene rings is 1. The minimum Gasteiger partial charge on any atom is -0.336 e. The summed E-state index contributed by atoms with van der Waals surface area (Å²) in [5, 5.41) is 2.82. The smallest absolute Gasteiger partial charge is 0.253 e. The Balaban J connectivity index is 2.17. The lowest BCUT2D eigenvalue weighted by Crippen LogP contribution is -2.51. The Labute approximate surface area is 126 Å². The Morgan fingerprint density at radius 1 is 1.29 bits per heavy atom. The van der Waals surface area contributed by atoms with Gasteiger partial charge in [0.25, 0.3) is 5.91 Å². The molecule has 116 valence electrons. The standard InChI is InChI=1S/C15H22N2O3S/c1-11(2)21(19,20)14-6-4-13(5-7-14)15(18)17-9-8-16-12(3)10-17/h4-7,11-12,16H,8-10H2,1-3H3/t12-/m1/s1. The Kier molecular flexibility index (Phi) is 4.68. The first-order valence-electron chi connectivity index (χ1n) is 7.19. The normalized spacial score (nSPS) is 19.8. The van der Waals surface area contributed by atoms with Gasteiger partial charge in [-0.15, -0.1) is 0 Å². The molecule has 1 fully saturated rings. The Morgan fingerprint density at radius 2 is 1.90 bits per heavy atom. The van der Waals surface area contributed by atoms with E-state index in [0.717, 1.165) is 6.54 Å². The fourth-order valence-electron chi connectivity index (χ4n) is 2.36. The molecule has 1 amide bonds. The van der Waals surface area contributed by atoms with Crippen LogP contribution in [0.2, 0.25) is 0 Å². The molecular weight excluding hydrogens is 288 g/mol. The summed E-state index contributed by atoms with van der Waals surface area (Å²) in [6.45, 7) is 7.47. The second-order valence-corrected chi connectivity index (χ2v) is 8.23. The Hall–Kier alpha value is -1.40. The molecule has 0 saturated carbocycles. The second-order valence-electron chi connectivity index (χ2n) is 5.72. The number of hydrogen-bond acceptors (Lipinski definition) is 4. The molecule has 0 unspecified atom stereocenters. The third kappa shape index (κ3) is 3.44. The van der Waals surface area contributed by atoms with Gasteiger partial charge < -0.3 is 10.2 Å². The van der Waals surface area contributed by atoms with Crippen molar-refractivity contribution in [1.82, 2.24) is 10.2 Å². The van der Waals surface area contributed by atoms with Crippen molar-refractivity contribution in [2.45, 2.75) is 37.0 Å². The number of sulfone groups is 1. The lowest BCUT2D eigenvalue weighted by molar-refractivity contribution is 0.0709. The lowest BCUT2D eigenvalue weighted by Gasteiger charge is -2.32. The van der Waals surface area contributed by atoms with Crippen LogP contribution in [0.25, 0.3) is 0 Å². The fourth-order valence-corrected chi connectivity index (χ4v) is 3.42. The summed E-state index contributed by atoms with van der Waals surface area (Å²) in [4.78, 5) is 14.5. The van der Waals surface area contributed by atoms with Crippen LogP contribution in [0.15, 0.2) is 29.2 Å². The SMILES string of the molecule is CC(C)S(=O)(=O)c1ccc(C(=O)N2CCN[C@H](C)C2)cc1. The topological polar surface area (TPSA) is 66.5 Å². The van der Waals surface area contributed by atoms with Crippen LogP contribution in [-0.4, -0.2) is 50.2 Å². The van der Waals surface area contributed by atoms with Crippen LogP contribution in [-0.2, 0) is 9.84 Å². The summed E-state index contributed by atoms with van der Waals surface area (Å²) in [6.07, 6.45) is 0. The molecule has 2 rings (SSSR count). The molecule has 1 atom stereocenters. The average molecular weight is 310 g/mol. The van der Waals surface area contributed by atoms with E-state index in [2.05, 4.69) is 5.32 Å². The van der Waals surface area contributed by atoms with Crippen LogP contribution in [0.4, 0.5) is 0 Å². The van der Waals surface area contributed by atoms with Crippen molar-refractivity contribution in [3.8, 4) is 0 Å². The maximum absolute atomic E-state index is 12.4. The molecule has 1 aromatic carbocycles. The third-order valence-corrected chi connectivity index (χ3v) is 5.88. The highest BCUT2D eigenvalue weighted by molar-refractivity contribution is 7.92. The van der Waals surface area contributed by atoms with Crippen LogP contribution >= 0.6 is 0 Å². The summed E-state index contributed by atoms with van der Waals surface area (Å²) in [6, 6.07) is 6.53. The third-order valence-electron chi connectivity index (χ3n) is 3.71. The van der Waals surface area contributed by atoms with Crippen molar-refractivity contribution < 1.29 is 13.2 Å². The number of nitrogens with one attached hydrogen (secondary N) is 1. The van der Waals surface area contributed by atoms with Crippen molar-refractivity contribution in [3.05, 3.63) is 29.8 Å². The zero-order valence-electron chi connectivity index (χ0n) is 12.7. The van der Waals surface area contributed by atoms with Crippen molar-refractivity contribution >= 4 is 15.7 Å². The fraction of sp³-hybridized carbons (Fsp3) is 0.533. The van der Waals surface area contributed by atoms with Crippen LogP contribution in [0.5, 0.6) is 0 Å². The number of hydrogen-bond donors (Lipinski definition) is 1. The molecule has 0 bridgehead atoms. The summed E-state index contributed by atoms with van der Waals surface area (Å²) < 4.78 is 24.1. The van der Waals surface area contributed by atoms with E-state index in [-0.39, 0.29) is 16.8 Å². The van der Waals surface area contributed by atoms with Crippen LogP contribution in [0, 0.1) is 0 Å². The lowest BCUT2D eigenvalue weighted by atomic mass is 10.1. The highest BCUT2D eigenvalue weighted by atomic mass is 32.2. The van der Waals surface area contributed by atoms with Crippen LogP contribution in [0.1, 0.15) is 31.1 Å². The van der Waals surface area contributed by atoms with Crippen molar-refractivity contribution in [3.63, 3.8) is 0 Å². The maximum Gasteiger partial charge on any atom is 0.253 e. The highest BCUT2D eigenvalue weighted by Crippen LogP contribution is 2.17. The minimum atomic E-state index is -3.29. The first-order valence-corrected chi connectivity index (χ1v) is 8.73. The Morgan fingerprint density at radius 3 is 2.43 bits per heavy atom. The first kappa shape index (κ1) is 16.0. The van der Waals surface area contributed by atoms with Gasteiger partial charge in [0.1, 0.15) is 0 Å². The van der Waals surface area contributed by atoms with Crippen molar-refractivity contribution in [2.24, 2.45) is 0 Å². The number of piperazine rings is 1. The quantitative estimate of drug-likeness (QED) is 0.914. The zero-order chi connectivity index (χ0) is 15.6. The molecule has 1 aromatic rings. The van der Waals surface area contributed by atoms with E-state index in [1.807, 2.05) is 6.92 Å². The van der Waals surface area contributed by atoms with Gasteiger partial charge in [-0.05, 0) is 45.0 Å². The number of amides is 1. The van der Waals surface area contributed by atoms with Gasteiger partial charge in [-0.3, -0.25) is 4.79 Å². The molecule has 0 radical (unpaired) electrons. The van der Waals surface area contributed by atoms with Gasteiger partial charge in [0.05, 0.1) is 10.1 Å². The number of carbonyl (C=O) groups excluding carboxylic acids is 1. The van der Waals surface area contributed by atoms with Gasteiger partial charge in [0, 0.05) is 31.2 Å². The summed E-state index contributed by atoms with van der Waals surface area (Å²) in [7, 11) is -3.29.